The fourth-order valence-corrected chi connectivity index (χ4v) is 18.6. The van der Waals surface area contributed by atoms with E-state index in [0.717, 1.165) is 43.1 Å². The minimum atomic E-state index is -1.95. The summed E-state index contributed by atoms with van der Waals surface area (Å²) in [7, 11) is 0. The van der Waals surface area contributed by atoms with Crippen LogP contribution in [0, 0.1) is 5.92 Å². The lowest BCUT2D eigenvalue weighted by Gasteiger charge is -2.42. The maximum absolute atomic E-state index is 15.5. The summed E-state index contributed by atoms with van der Waals surface area (Å²) in [5.41, 5.74) is 18.1. The fraction of sp³-hybridized carbons (Fsp3) is 0.558. The first-order valence-corrected chi connectivity index (χ1v) is 52.0. The van der Waals surface area contributed by atoms with Crippen LogP contribution >= 0.6 is 35.3 Å². The van der Waals surface area contributed by atoms with Gasteiger partial charge in [0.05, 0.1) is 63.4 Å². The predicted molar refractivity (Wildman–Crippen MR) is 537 cm³/mol. The molecule has 7 rings (SSSR count). The summed E-state index contributed by atoms with van der Waals surface area (Å²) in [4.78, 5) is 346. The van der Waals surface area contributed by atoms with E-state index in [1.807, 2.05) is 0 Å². The number of rotatable bonds is 27. The fourth-order valence-electron chi connectivity index (χ4n) is 15.7. The monoisotopic (exact) mass is 2140 g/mol. The van der Waals surface area contributed by atoms with Gasteiger partial charge in [0, 0.05) is 80.3 Å². The number of nitrogens with zero attached hydrogens (tertiary/aromatic N) is 4. The van der Waals surface area contributed by atoms with Gasteiger partial charge in [0.25, 0.3) is 0 Å². The van der Waals surface area contributed by atoms with E-state index in [9.17, 15) is 126 Å². The summed E-state index contributed by atoms with van der Waals surface area (Å²) >= 11 is 2.52. The summed E-state index contributed by atoms with van der Waals surface area (Å²) in [6.07, 6.45) is -6.74. The number of unbranched alkanes of at least 4 members (excludes halogenated alkanes) is 1. The molecule has 17 atom stereocenters. The summed E-state index contributed by atoms with van der Waals surface area (Å²) in [5, 5.41) is 88.3. The molecule has 0 aliphatic carbocycles. The standard InChI is InChI=1S/C95H134N22O29S3/c1-7-9-16-59-85(136)112-68(91(142)101-52(5)81(98)132)44-147-35-32-74(123)114-47-115-49-116(48-114)76(125)46-149-43-67(71(120)41-99-63(37-54-14-11-10-12-15-54)88(139)102-53(6)83(134)109-66(40-79(130)131)95(146)117-34-13-17-70(117)93(144)108-65(89(140)104-59)39-56-20-24-58(119)25-21-56)110-90(141)64(38-55-18-22-57(118)23-19-55)107-86(137)61(26-29-72(97)121)103-73(122)42-100-84(135)60(27-30-77(126)127)105-87(138)62(28-31-78(128)129)106-94(145)80(50(3)8-2)113-92(143)69(111-82(133)51(4)96)45-148-36-33-75(115)124/h10-12,14-15,18-25,50-53,59-70,80,99,118-119H,7-9,13,16-17,26-49,96H2,1-6H3,(H2,97,121)(H2,98,132)(H,100,135)(H,101,142)(H,102,139)(H,103,122)(H,104,140)(H,105,138)(H,106,145)(H,107,137)(H,108,144)(H,109,134)(H,110,141)(H,111,133)(H,112,136)(H,113,143)(H,126,127)(H,128,129)(H,130,131)/t50-,51-,52-,53-,59-,60-,61-,62-,63-,64-,65-,66-,67-,68-,69-,70-,80-/m0/s1. The predicted octanol–water partition coefficient (Wildman–Crippen LogP) is -5.98. The third-order valence-corrected chi connectivity index (χ3v) is 27.7. The SMILES string of the molecule is CCCC[C@@H]1NC(=O)[C@H](Cc2ccc(O)cc2)NC(=O)[C@@H]2CCCN2C(=O)[C@H](CC(=O)O)NC(=O)[C@H](C)NC(=O)[C@H](Cc2ccccc2)NCC(=O)[C@@H]2CSCC(=O)N3CN(CN(C3)C(=O)CCSC[C@@H](C(=O)N[C@@H](C)C(N)=O)NC1=O)C(=O)CCSC[C@H](NC(=O)[C@H](C)N)C(=O)N[C@@H]([C@@H](C)CC)C(=O)N[C@@H](CCC(=O)O)C(=O)N[C@@H](CCC(=O)O)C(=O)NCC(=O)N[C@@H](CCC(N)=O)C(=O)N[C@@H](Cc1ccc(O)cc1)C(=O)N2. The van der Waals surface area contributed by atoms with E-state index in [1.165, 1.54) is 76.2 Å². The quantitative estimate of drug-likeness (QED) is 0.0338. The Morgan fingerprint density at radius 1 is 0.483 bits per heavy atom. The van der Waals surface area contributed by atoms with E-state index in [1.54, 1.807) is 44.2 Å². The maximum atomic E-state index is 15.5. The van der Waals surface area contributed by atoms with Crippen LogP contribution in [-0.4, -0.2) is 358 Å². The molecule has 4 aliphatic heterocycles. The molecule has 54 heteroatoms. The van der Waals surface area contributed by atoms with Crippen LogP contribution in [0.25, 0.3) is 0 Å². The van der Waals surface area contributed by atoms with Gasteiger partial charge in [0.15, 0.2) is 5.78 Å². The molecule has 0 spiro atoms. The molecule has 4 fully saturated rings. The zero-order valence-electron chi connectivity index (χ0n) is 83.3. The Hall–Kier alpha value is -14.3. The van der Waals surface area contributed by atoms with E-state index in [0.29, 0.717) is 29.3 Å². The van der Waals surface area contributed by atoms with Crippen LogP contribution in [0.5, 0.6) is 11.5 Å². The van der Waals surface area contributed by atoms with Gasteiger partial charge in [-0.25, -0.2) is 0 Å². The Morgan fingerprint density at radius 3 is 1.51 bits per heavy atom. The molecule has 816 valence electrons. The van der Waals surface area contributed by atoms with E-state index in [2.05, 4.69) is 79.8 Å². The number of nitrogens with two attached hydrogens (primary N) is 3. The number of hydrogen-bond donors (Lipinski definition) is 23. The number of thioether (sulfide) groups is 3. The Morgan fingerprint density at radius 2 is 0.966 bits per heavy atom. The molecule has 3 aromatic rings. The largest absolute Gasteiger partial charge is 0.508 e. The van der Waals surface area contributed by atoms with Gasteiger partial charge in [-0.15, -0.1) is 11.8 Å². The number of aliphatic carboxylic acids is 3. The number of carbonyl (C=O) groups is 24. The highest BCUT2D eigenvalue weighted by molar-refractivity contribution is 8.00. The molecule has 0 aromatic heterocycles. The van der Waals surface area contributed by atoms with Crippen molar-refractivity contribution >= 4 is 177 Å². The lowest BCUT2D eigenvalue weighted by molar-refractivity contribution is -0.157. The van der Waals surface area contributed by atoms with Crippen LogP contribution in [0.4, 0.5) is 0 Å². The van der Waals surface area contributed by atoms with Gasteiger partial charge in [0.1, 0.15) is 90.0 Å². The Balaban J connectivity index is 1.38. The number of Topliss-reactive ketones (excluding diaryl/α,β-unsaturated/α-hetero) is 1. The van der Waals surface area contributed by atoms with Crippen LogP contribution in [0.15, 0.2) is 78.9 Å². The first kappa shape index (κ1) is 122. The van der Waals surface area contributed by atoms with Gasteiger partial charge < -0.3 is 137 Å². The summed E-state index contributed by atoms with van der Waals surface area (Å²) in [6.45, 7) is 4.79. The smallest absolute Gasteiger partial charge is 0.305 e. The molecular weight excluding hydrogens is 2010 g/mol. The molecule has 4 heterocycles. The van der Waals surface area contributed by atoms with Crippen molar-refractivity contribution in [1.82, 2.24) is 99.4 Å². The number of carbonyl (C=O) groups excluding carboxylic acids is 21. The van der Waals surface area contributed by atoms with Gasteiger partial charge >= 0.3 is 17.9 Å². The average Bonchev–Trinajstić information content (AvgIpc) is 1.79. The van der Waals surface area contributed by atoms with Gasteiger partial charge in [-0.3, -0.25) is 120 Å². The van der Waals surface area contributed by atoms with E-state index >= 15 is 14.4 Å². The molecule has 0 radical (unpaired) electrons. The zero-order valence-corrected chi connectivity index (χ0v) is 85.8. The number of fused-ring (bicyclic) bond motifs is 7. The summed E-state index contributed by atoms with van der Waals surface area (Å²) in [6, 6.07) is -7.81. The molecule has 4 saturated heterocycles. The van der Waals surface area contributed by atoms with Crippen LogP contribution in [0.2, 0.25) is 0 Å². The number of carboxylic acids is 3. The number of benzene rings is 3. The molecular formula is C95H134N22O29S3. The Kier molecular flexibility index (Phi) is 49.7. The third-order valence-electron chi connectivity index (χ3n) is 24.6. The number of aromatic hydroxyl groups is 2. The lowest BCUT2D eigenvalue weighted by Crippen LogP contribution is -2.60. The van der Waals surface area contributed by atoms with Crippen molar-refractivity contribution in [2.45, 2.75) is 254 Å². The molecule has 20 amide bonds. The number of amides is 20. The normalized spacial score (nSPS) is 24.8. The van der Waals surface area contributed by atoms with Crippen molar-refractivity contribution in [1.29, 1.82) is 0 Å². The number of nitrogens with one attached hydrogen (secondary N) is 15. The van der Waals surface area contributed by atoms with Gasteiger partial charge in [0.2, 0.25) is 118 Å². The van der Waals surface area contributed by atoms with Crippen molar-refractivity contribution in [2.24, 2.45) is 23.1 Å². The summed E-state index contributed by atoms with van der Waals surface area (Å²) in [5.74, 6) is -29.9. The first-order valence-electron chi connectivity index (χ1n) is 48.6. The van der Waals surface area contributed by atoms with Crippen molar-refractivity contribution in [3.05, 3.63) is 95.6 Å². The maximum Gasteiger partial charge on any atom is 0.305 e. The number of phenolic OH excluding ortho intramolecular Hbond substituents is 2. The second kappa shape index (κ2) is 60.9. The molecule has 149 heavy (non-hydrogen) atoms. The molecule has 4 bridgehead atoms. The summed E-state index contributed by atoms with van der Waals surface area (Å²) < 4.78 is 0. The molecule has 4 aliphatic rings. The Labute approximate surface area is 870 Å². The minimum Gasteiger partial charge on any atom is -0.508 e. The number of phenols is 2. The third kappa shape index (κ3) is 40.7. The van der Waals surface area contributed by atoms with Crippen LogP contribution in [-0.2, 0) is 134 Å². The van der Waals surface area contributed by atoms with Gasteiger partial charge in [-0.1, -0.05) is 94.6 Å². The lowest BCUT2D eigenvalue weighted by atomic mass is 9.97. The zero-order chi connectivity index (χ0) is 110. The first-order chi connectivity index (χ1) is 70.6. The van der Waals surface area contributed by atoms with Crippen molar-refractivity contribution < 1.29 is 141 Å². The number of primary amides is 2. The van der Waals surface area contributed by atoms with Gasteiger partial charge in [-0.05, 0) is 113 Å². The second-order valence-corrected chi connectivity index (χ2v) is 39.8. The van der Waals surface area contributed by atoms with Gasteiger partial charge in [-0.2, -0.15) is 23.5 Å². The van der Waals surface area contributed by atoms with E-state index in [4.69, 9.17) is 17.2 Å². The van der Waals surface area contributed by atoms with Crippen LogP contribution in [0.3, 0.4) is 0 Å². The second-order valence-electron chi connectivity index (χ2n) is 36.4. The molecule has 51 nitrogen and oxygen atoms in total. The molecule has 26 N–H and O–H groups in total. The van der Waals surface area contributed by atoms with Crippen molar-refractivity contribution in [2.75, 3.05) is 74.2 Å². The Bertz CT molecular complexity index is 5290. The van der Waals surface area contributed by atoms with Crippen molar-refractivity contribution in [3.63, 3.8) is 0 Å². The van der Waals surface area contributed by atoms with Crippen LogP contribution in [0.1, 0.15) is 155 Å². The topological polar surface area (TPSA) is 782 Å². The number of ketones is 1. The highest BCUT2D eigenvalue weighted by Gasteiger charge is 2.44. The molecule has 0 unspecified atom stereocenters. The highest BCUT2D eigenvalue weighted by Crippen LogP contribution is 2.25. The molecule has 3 aromatic carbocycles. The highest BCUT2D eigenvalue weighted by atomic mass is 32.2. The average molecular weight is 2140 g/mol. The van der Waals surface area contributed by atoms with Crippen molar-refractivity contribution in [3.8, 4) is 11.5 Å². The number of hydrogen-bond acceptors (Lipinski definition) is 31. The van der Waals surface area contributed by atoms with E-state index in [-0.39, 0.29) is 91.6 Å². The van der Waals surface area contributed by atoms with E-state index < -0.39 is 353 Å². The van der Waals surface area contributed by atoms with Crippen LogP contribution < -0.4 is 97.0 Å². The molecule has 0 saturated carbocycles. The number of carboxylic acid groups (broad SMARTS) is 3. The minimum absolute atomic E-state index is 0.0794.